The van der Waals surface area contributed by atoms with Gasteiger partial charge in [-0.3, -0.25) is 0 Å². The van der Waals surface area contributed by atoms with E-state index in [2.05, 4.69) is 24.4 Å². The predicted octanol–water partition coefficient (Wildman–Crippen LogP) is 2.02. The molecule has 10 heavy (non-hydrogen) atoms. The fraction of sp³-hybridized carbons (Fsp3) is 0.857. The van der Waals surface area contributed by atoms with Gasteiger partial charge in [-0.15, -0.1) is 0 Å². The van der Waals surface area contributed by atoms with Crippen molar-refractivity contribution in [1.29, 1.82) is 0 Å². The largest absolute Gasteiger partial charge is 0.304 e. The Hall–Kier alpha value is 0.370. The smallest absolute Gasteiger partial charge is 0.116 e. The third kappa shape index (κ3) is 5.18. The molecule has 60 valence electrons. The molecule has 0 aromatic rings. The zero-order valence-electron chi connectivity index (χ0n) is 6.25. The van der Waals surface area contributed by atoms with Gasteiger partial charge in [-0.25, -0.2) is 0 Å². The van der Waals surface area contributed by atoms with Crippen LogP contribution in [0.25, 0.3) is 0 Å². The fourth-order valence-electron chi connectivity index (χ4n) is 0.788. The monoisotopic (exact) mass is 178 g/mol. The molecule has 1 atom stereocenters. The van der Waals surface area contributed by atoms with Crippen molar-refractivity contribution in [2.45, 2.75) is 25.0 Å². The van der Waals surface area contributed by atoms with Crippen LogP contribution in [0.1, 0.15) is 19.8 Å². The van der Waals surface area contributed by atoms with Crippen molar-refractivity contribution in [3.8, 4) is 0 Å². The molecular formula is C7H14OS2. The topological polar surface area (TPSA) is 17.1 Å². The van der Waals surface area contributed by atoms with Crippen molar-refractivity contribution in [3.05, 3.63) is 0 Å². The standard InChI is InChI=1S/C5H10S2.C2H4O/c6-4-5-2-1-3-7-5;1-2-3/h5-6H,1-4H2;2H,1H3. The van der Waals surface area contributed by atoms with Crippen molar-refractivity contribution in [1.82, 2.24) is 0 Å². The molecule has 0 aromatic heterocycles. The van der Waals surface area contributed by atoms with Crippen molar-refractivity contribution in [2.24, 2.45) is 0 Å². The van der Waals surface area contributed by atoms with Gasteiger partial charge in [0.25, 0.3) is 0 Å². The number of aldehydes is 1. The first-order chi connectivity index (χ1) is 4.85. The van der Waals surface area contributed by atoms with Crippen LogP contribution in [-0.4, -0.2) is 23.0 Å². The van der Waals surface area contributed by atoms with E-state index in [9.17, 15) is 0 Å². The summed E-state index contributed by atoms with van der Waals surface area (Å²) in [5, 5.41) is 0.878. The summed E-state index contributed by atoms with van der Waals surface area (Å²) in [6.45, 7) is 1.44. The second-order valence-corrected chi connectivity index (χ2v) is 3.83. The number of carbonyl (C=O) groups excluding carboxylic acids is 1. The highest BCUT2D eigenvalue weighted by molar-refractivity contribution is 8.00. The highest BCUT2D eigenvalue weighted by Gasteiger charge is 2.12. The molecule has 1 saturated heterocycles. The second kappa shape index (κ2) is 7.48. The SMILES string of the molecule is CC=O.SCC1CCCS1. The van der Waals surface area contributed by atoms with Gasteiger partial charge in [0.05, 0.1) is 0 Å². The normalized spacial score (nSPS) is 23.2. The molecule has 0 spiro atoms. The highest BCUT2D eigenvalue weighted by Crippen LogP contribution is 2.26. The summed E-state index contributed by atoms with van der Waals surface area (Å²) < 4.78 is 0. The molecule has 0 saturated carbocycles. The molecule has 1 aliphatic rings. The lowest BCUT2D eigenvalue weighted by Gasteiger charge is -1.98. The minimum atomic E-state index is 0.750. The van der Waals surface area contributed by atoms with E-state index in [4.69, 9.17) is 4.79 Å². The average Bonchev–Trinajstić information content (AvgIpc) is 2.39. The van der Waals surface area contributed by atoms with E-state index in [1.54, 1.807) is 0 Å². The maximum absolute atomic E-state index is 8.81. The van der Waals surface area contributed by atoms with Gasteiger partial charge in [-0.2, -0.15) is 24.4 Å². The molecule has 0 bridgehead atoms. The molecule has 0 N–H and O–H groups in total. The van der Waals surface area contributed by atoms with Crippen LogP contribution in [0.2, 0.25) is 0 Å². The van der Waals surface area contributed by atoms with Crippen LogP contribution in [0.15, 0.2) is 0 Å². The van der Waals surface area contributed by atoms with E-state index in [1.807, 2.05) is 0 Å². The fourth-order valence-corrected chi connectivity index (χ4v) is 2.39. The number of carbonyl (C=O) groups is 1. The third-order valence-electron chi connectivity index (χ3n) is 1.23. The lowest BCUT2D eigenvalue weighted by Crippen LogP contribution is -1.95. The van der Waals surface area contributed by atoms with Crippen molar-refractivity contribution >= 4 is 30.7 Å². The van der Waals surface area contributed by atoms with Gasteiger partial charge in [0.1, 0.15) is 6.29 Å². The van der Waals surface area contributed by atoms with E-state index in [-0.39, 0.29) is 0 Å². The molecule has 1 nitrogen and oxygen atoms in total. The number of thioether (sulfide) groups is 1. The van der Waals surface area contributed by atoms with Crippen molar-refractivity contribution < 1.29 is 4.79 Å². The molecule has 1 fully saturated rings. The molecule has 3 heteroatoms. The van der Waals surface area contributed by atoms with Crippen LogP contribution in [0.3, 0.4) is 0 Å². The Morgan fingerprint density at radius 1 is 1.80 bits per heavy atom. The second-order valence-electron chi connectivity index (χ2n) is 2.05. The van der Waals surface area contributed by atoms with Gasteiger partial charge < -0.3 is 4.79 Å². The summed E-state index contributed by atoms with van der Waals surface area (Å²) >= 11 is 6.26. The van der Waals surface area contributed by atoms with Crippen molar-refractivity contribution in [3.63, 3.8) is 0 Å². The molecule has 0 aliphatic carbocycles. The molecule has 1 rings (SSSR count). The lowest BCUT2D eigenvalue weighted by molar-refractivity contribution is -0.106. The van der Waals surface area contributed by atoms with E-state index in [1.165, 1.54) is 25.5 Å². The van der Waals surface area contributed by atoms with E-state index >= 15 is 0 Å². The number of rotatable bonds is 1. The summed E-state index contributed by atoms with van der Waals surface area (Å²) in [7, 11) is 0. The number of hydrogen-bond acceptors (Lipinski definition) is 3. The minimum Gasteiger partial charge on any atom is -0.304 e. The molecule has 1 heterocycles. The Kier molecular flexibility index (Phi) is 7.75. The van der Waals surface area contributed by atoms with Crippen LogP contribution >= 0.6 is 24.4 Å². The molecule has 1 unspecified atom stereocenters. The lowest BCUT2D eigenvalue weighted by atomic mass is 10.3. The van der Waals surface area contributed by atoms with Gasteiger partial charge in [0, 0.05) is 11.0 Å². The van der Waals surface area contributed by atoms with Crippen molar-refractivity contribution in [2.75, 3.05) is 11.5 Å². The third-order valence-corrected chi connectivity index (χ3v) is 3.31. The molecule has 0 amide bonds. The van der Waals surface area contributed by atoms with Gasteiger partial charge in [-0.1, -0.05) is 0 Å². The highest BCUT2D eigenvalue weighted by atomic mass is 32.2. The van der Waals surface area contributed by atoms with Gasteiger partial charge in [-0.05, 0) is 25.5 Å². The van der Waals surface area contributed by atoms with Crippen LogP contribution in [0.5, 0.6) is 0 Å². The molecule has 0 aromatic carbocycles. The molecule has 0 radical (unpaired) electrons. The first kappa shape index (κ1) is 10.4. The summed E-state index contributed by atoms with van der Waals surface area (Å²) in [4.78, 5) is 8.81. The van der Waals surface area contributed by atoms with E-state index in [0.29, 0.717) is 0 Å². The summed E-state index contributed by atoms with van der Waals surface area (Å²) in [6.07, 6.45) is 3.56. The van der Waals surface area contributed by atoms with Crippen LogP contribution < -0.4 is 0 Å². The Morgan fingerprint density at radius 2 is 2.40 bits per heavy atom. The van der Waals surface area contributed by atoms with E-state index < -0.39 is 0 Å². The predicted molar refractivity (Wildman–Crippen MR) is 51.1 cm³/mol. The first-order valence-electron chi connectivity index (χ1n) is 3.47. The van der Waals surface area contributed by atoms with Gasteiger partial charge in [0.15, 0.2) is 0 Å². The average molecular weight is 178 g/mol. The minimum absolute atomic E-state index is 0.750. The molecular weight excluding hydrogens is 164 g/mol. The molecule has 1 aliphatic heterocycles. The summed E-state index contributed by atoms with van der Waals surface area (Å²) in [6, 6.07) is 0. The maximum atomic E-state index is 8.81. The summed E-state index contributed by atoms with van der Waals surface area (Å²) in [5.41, 5.74) is 0. The van der Waals surface area contributed by atoms with Crippen LogP contribution in [0, 0.1) is 0 Å². The van der Waals surface area contributed by atoms with Gasteiger partial charge >= 0.3 is 0 Å². The Balaban J connectivity index is 0.000000236. The summed E-state index contributed by atoms with van der Waals surface area (Å²) in [5.74, 6) is 2.44. The van der Waals surface area contributed by atoms with Crippen LogP contribution in [-0.2, 0) is 4.79 Å². The van der Waals surface area contributed by atoms with Crippen LogP contribution in [0.4, 0.5) is 0 Å². The quantitative estimate of drug-likeness (QED) is 0.489. The Morgan fingerprint density at radius 3 is 2.60 bits per heavy atom. The number of hydrogen-bond donors (Lipinski definition) is 1. The number of thiol groups is 1. The van der Waals surface area contributed by atoms with E-state index in [0.717, 1.165) is 17.3 Å². The maximum Gasteiger partial charge on any atom is 0.116 e. The first-order valence-corrected chi connectivity index (χ1v) is 5.15. The zero-order valence-corrected chi connectivity index (χ0v) is 7.96. The Labute approximate surface area is 72.4 Å². The Bertz CT molecular complexity index is 79.7. The zero-order chi connectivity index (χ0) is 7.82. The van der Waals surface area contributed by atoms with Gasteiger partial charge in [0.2, 0.25) is 0 Å².